The predicted molar refractivity (Wildman–Crippen MR) is 61.2 cm³/mol. The average molecular weight is 223 g/mol. The van der Waals surface area contributed by atoms with Crippen LogP contribution in [0.2, 0.25) is 0 Å². The number of hydrogen-bond acceptors (Lipinski definition) is 1. The first-order valence-electron chi connectivity index (χ1n) is 5.21. The van der Waals surface area contributed by atoms with Gasteiger partial charge in [-0.25, -0.2) is 8.78 Å². The Hall–Kier alpha value is -1.40. The van der Waals surface area contributed by atoms with Crippen LogP contribution in [0.15, 0.2) is 24.3 Å². The summed E-state index contributed by atoms with van der Waals surface area (Å²) < 4.78 is 24.8. The number of hydrogen-bond donors (Lipinski definition) is 1. The average Bonchev–Trinajstić information content (AvgIpc) is 2.29. The van der Waals surface area contributed by atoms with Crippen LogP contribution in [0.25, 0.3) is 0 Å². The molecule has 0 fully saturated rings. The van der Waals surface area contributed by atoms with E-state index in [-0.39, 0.29) is 5.56 Å². The van der Waals surface area contributed by atoms with E-state index >= 15 is 0 Å². The molecule has 3 heteroatoms. The summed E-state index contributed by atoms with van der Waals surface area (Å²) in [4.78, 5) is 0. The van der Waals surface area contributed by atoms with Crippen LogP contribution in [-0.4, -0.2) is 6.54 Å². The van der Waals surface area contributed by atoms with Crippen LogP contribution in [-0.2, 0) is 6.54 Å². The summed E-state index contributed by atoms with van der Waals surface area (Å²) in [6.07, 6.45) is -1.61. The van der Waals surface area contributed by atoms with E-state index in [9.17, 15) is 8.78 Å². The Kier molecular flexibility index (Phi) is 5.52. The van der Waals surface area contributed by atoms with E-state index < -0.39 is 6.43 Å². The Balaban J connectivity index is 2.41. The van der Waals surface area contributed by atoms with Crippen LogP contribution < -0.4 is 5.32 Å². The Morgan fingerprint density at radius 1 is 1.38 bits per heavy atom. The van der Waals surface area contributed by atoms with Crippen molar-refractivity contribution in [2.45, 2.75) is 26.3 Å². The lowest BCUT2D eigenvalue weighted by Gasteiger charge is -2.05. The normalized spacial score (nSPS) is 10.0. The molecule has 0 atom stereocenters. The number of benzene rings is 1. The lowest BCUT2D eigenvalue weighted by Crippen LogP contribution is -2.14. The van der Waals surface area contributed by atoms with Crippen molar-refractivity contribution in [3.05, 3.63) is 35.4 Å². The van der Waals surface area contributed by atoms with Gasteiger partial charge < -0.3 is 5.32 Å². The highest BCUT2D eigenvalue weighted by atomic mass is 19.3. The molecular weight excluding hydrogens is 208 g/mol. The predicted octanol–water partition coefficient (Wildman–Crippen LogP) is 3.13. The minimum Gasteiger partial charge on any atom is -0.312 e. The summed E-state index contributed by atoms with van der Waals surface area (Å²) in [6, 6.07) is 6.47. The van der Waals surface area contributed by atoms with Crippen molar-refractivity contribution in [1.29, 1.82) is 0 Å². The zero-order valence-electron chi connectivity index (χ0n) is 9.26. The molecule has 1 N–H and O–H groups in total. The Bertz CT molecular complexity index is 377. The highest BCUT2D eigenvalue weighted by molar-refractivity contribution is 5.24. The molecule has 0 heterocycles. The van der Waals surface area contributed by atoms with Gasteiger partial charge in [0, 0.05) is 25.1 Å². The Labute approximate surface area is 94.9 Å². The minimum absolute atomic E-state index is 0.0765. The lowest BCUT2D eigenvalue weighted by atomic mass is 10.1. The molecule has 0 aromatic heterocycles. The molecule has 0 aliphatic carbocycles. The third-order valence-corrected chi connectivity index (χ3v) is 2.14. The molecule has 0 saturated heterocycles. The quantitative estimate of drug-likeness (QED) is 0.597. The number of rotatable bonds is 5. The number of halogens is 2. The molecule has 0 saturated carbocycles. The van der Waals surface area contributed by atoms with Gasteiger partial charge >= 0.3 is 0 Å². The van der Waals surface area contributed by atoms with Gasteiger partial charge in [-0.05, 0) is 18.6 Å². The van der Waals surface area contributed by atoms with Crippen molar-refractivity contribution in [3.8, 4) is 11.8 Å². The molecular formula is C13H15F2N. The van der Waals surface area contributed by atoms with Crippen LogP contribution >= 0.6 is 0 Å². The first-order valence-corrected chi connectivity index (χ1v) is 5.21. The molecule has 1 aromatic rings. The Morgan fingerprint density at radius 3 is 2.88 bits per heavy atom. The summed E-state index contributed by atoms with van der Waals surface area (Å²) in [6.45, 7) is 3.18. The van der Waals surface area contributed by atoms with Crippen molar-refractivity contribution in [2.75, 3.05) is 6.54 Å². The van der Waals surface area contributed by atoms with Gasteiger partial charge in [0.05, 0.1) is 0 Å². The molecule has 0 aliphatic heterocycles. The molecule has 0 bridgehead atoms. The smallest absolute Gasteiger partial charge is 0.263 e. The maximum atomic E-state index is 12.4. The zero-order valence-corrected chi connectivity index (χ0v) is 9.26. The molecule has 0 amide bonds. The van der Waals surface area contributed by atoms with Gasteiger partial charge in [0.25, 0.3) is 6.43 Å². The summed E-state index contributed by atoms with van der Waals surface area (Å²) in [7, 11) is 0. The maximum absolute atomic E-state index is 12.4. The highest BCUT2D eigenvalue weighted by Gasteiger charge is 2.06. The fraction of sp³-hybridized carbons (Fsp3) is 0.385. The van der Waals surface area contributed by atoms with E-state index in [4.69, 9.17) is 0 Å². The molecule has 1 rings (SSSR count). The van der Waals surface area contributed by atoms with Crippen molar-refractivity contribution >= 4 is 0 Å². The second-order valence-corrected chi connectivity index (χ2v) is 3.40. The van der Waals surface area contributed by atoms with E-state index in [2.05, 4.69) is 17.2 Å². The SMILES string of the molecule is CC#CCCNCc1cccc(C(F)F)c1. The fourth-order valence-corrected chi connectivity index (χ4v) is 1.35. The van der Waals surface area contributed by atoms with Gasteiger partial charge in [0.1, 0.15) is 0 Å². The molecule has 86 valence electrons. The molecule has 0 unspecified atom stereocenters. The minimum atomic E-state index is -2.40. The third-order valence-electron chi connectivity index (χ3n) is 2.14. The molecule has 0 aliphatic rings. The number of nitrogens with one attached hydrogen (secondary N) is 1. The van der Waals surface area contributed by atoms with Gasteiger partial charge in [0.2, 0.25) is 0 Å². The summed E-state index contributed by atoms with van der Waals surface area (Å²) in [5, 5.41) is 3.16. The summed E-state index contributed by atoms with van der Waals surface area (Å²) in [5.74, 6) is 5.73. The van der Waals surface area contributed by atoms with Crippen molar-refractivity contribution < 1.29 is 8.78 Å². The first-order chi connectivity index (χ1) is 7.74. The van der Waals surface area contributed by atoms with Gasteiger partial charge in [0.15, 0.2) is 0 Å². The fourth-order valence-electron chi connectivity index (χ4n) is 1.35. The maximum Gasteiger partial charge on any atom is 0.263 e. The van der Waals surface area contributed by atoms with E-state index in [0.29, 0.717) is 6.54 Å². The van der Waals surface area contributed by atoms with E-state index in [1.54, 1.807) is 13.0 Å². The van der Waals surface area contributed by atoms with Gasteiger partial charge in [-0.3, -0.25) is 0 Å². The zero-order chi connectivity index (χ0) is 11.8. The van der Waals surface area contributed by atoms with E-state index in [1.807, 2.05) is 6.07 Å². The van der Waals surface area contributed by atoms with Crippen molar-refractivity contribution in [2.24, 2.45) is 0 Å². The third kappa shape index (κ3) is 4.41. The highest BCUT2D eigenvalue weighted by Crippen LogP contribution is 2.19. The second kappa shape index (κ2) is 6.97. The Morgan fingerprint density at radius 2 is 2.19 bits per heavy atom. The molecule has 0 spiro atoms. The molecule has 16 heavy (non-hydrogen) atoms. The standard InChI is InChI=1S/C13H15F2N/c1-2-3-4-8-16-10-11-6-5-7-12(9-11)13(14)15/h5-7,9,13,16H,4,8,10H2,1H3. The van der Waals surface area contributed by atoms with Crippen molar-refractivity contribution in [1.82, 2.24) is 5.32 Å². The first kappa shape index (κ1) is 12.7. The van der Waals surface area contributed by atoms with E-state index in [0.717, 1.165) is 18.5 Å². The van der Waals surface area contributed by atoms with Crippen LogP contribution in [0.4, 0.5) is 8.78 Å². The van der Waals surface area contributed by atoms with Gasteiger partial charge in [-0.15, -0.1) is 11.8 Å². The largest absolute Gasteiger partial charge is 0.312 e. The van der Waals surface area contributed by atoms with Gasteiger partial charge in [-0.2, -0.15) is 0 Å². The topological polar surface area (TPSA) is 12.0 Å². The van der Waals surface area contributed by atoms with Crippen LogP contribution in [0, 0.1) is 11.8 Å². The monoisotopic (exact) mass is 223 g/mol. The molecule has 1 nitrogen and oxygen atoms in total. The molecule has 0 radical (unpaired) electrons. The molecule has 1 aromatic carbocycles. The number of alkyl halides is 2. The lowest BCUT2D eigenvalue weighted by molar-refractivity contribution is 0.151. The second-order valence-electron chi connectivity index (χ2n) is 3.40. The van der Waals surface area contributed by atoms with Crippen LogP contribution in [0.1, 0.15) is 30.9 Å². The summed E-state index contributed by atoms with van der Waals surface area (Å²) in [5.41, 5.74) is 0.954. The van der Waals surface area contributed by atoms with E-state index in [1.165, 1.54) is 12.1 Å². The van der Waals surface area contributed by atoms with Crippen LogP contribution in [0.5, 0.6) is 0 Å². The van der Waals surface area contributed by atoms with Crippen molar-refractivity contribution in [3.63, 3.8) is 0 Å². The summed E-state index contributed by atoms with van der Waals surface area (Å²) >= 11 is 0. The van der Waals surface area contributed by atoms with Crippen LogP contribution in [0.3, 0.4) is 0 Å². The van der Waals surface area contributed by atoms with Gasteiger partial charge in [-0.1, -0.05) is 18.2 Å².